The van der Waals surface area contributed by atoms with Gasteiger partial charge < -0.3 is 9.73 Å². The van der Waals surface area contributed by atoms with Crippen molar-refractivity contribution in [1.82, 2.24) is 10.3 Å². The van der Waals surface area contributed by atoms with E-state index >= 15 is 0 Å². The lowest BCUT2D eigenvalue weighted by atomic mass is 10.1. The van der Waals surface area contributed by atoms with Crippen molar-refractivity contribution >= 4 is 15.9 Å². The number of carbonyl (C=O) groups excluding carboxylic acids is 1. The molecule has 0 radical (unpaired) electrons. The second-order valence-corrected chi connectivity index (χ2v) is 5.63. The zero-order valence-corrected chi connectivity index (χ0v) is 11.3. The second-order valence-electron chi connectivity index (χ2n) is 4.07. The lowest BCUT2D eigenvalue weighted by Crippen LogP contribution is -2.25. The van der Waals surface area contributed by atoms with Crippen LogP contribution in [0.25, 0.3) is 0 Å². The topological polar surface area (TPSA) is 115 Å². The van der Waals surface area contributed by atoms with Gasteiger partial charge in [-0.25, -0.2) is 18.5 Å². The van der Waals surface area contributed by atoms with E-state index in [1.54, 1.807) is 12.1 Å². The van der Waals surface area contributed by atoms with Gasteiger partial charge in [-0.15, -0.1) is 0 Å². The highest BCUT2D eigenvalue weighted by atomic mass is 32.2. The maximum atomic E-state index is 11.6. The maximum Gasteiger partial charge on any atom is 0.273 e. The van der Waals surface area contributed by atoms with Crippen LogP contribution >= 0.6 is 0 Å². The summed E-state index contributed by atoms with van der Waals surface area (Å²) in [5.74, 6) is -0.320. The number of hydrogen-bond donors (Lipinski definition) is 2. The number of rotatable bonds is 5. The molecule has 1 amide bonds. The molecule has 0 bridgehead atoms. The monoisotopic (exact) mass is 295 g/mol. The molecule has 1 heterocycles. The molecule has 1 aromatic carbocycles. The molecule has 0 aliphatic rings. The minimum absolute atomic E-state index is 0.0629. The number of sulfonamides is 1. The van der Waals surface area contributed by atoms with E-state index in [0.717, 1.165) is 5.56 Å². The van der Waals surface area contributed by atoms with Crippen molar-refractivity contribution in [2.24, 2.45) is 5.14 Å². The number of carbonyl (C=O) groups is 1. The summed E-state index contributed by atoms with van der Waals surface area (Å²) in [5.41, 5.74) is 1.10. The fraction of sp³-hybridized carbons (Fsp3) is 0.167. The van der Waals surface area contributed by atoms with E-state index in [1.807, 2.05) is 0 Å². The van der Waals surface area contributed by atoms with Gasteiger partial charge in [-0.2, -0.15) is 0 Å². The largest absolute Gasteiger partial charge is 0.451 e. The van der Waals surface area contributed by atoms with Gasteiger partial charge >= 0.3 is 0 Å². The Bertz CT molecular complexity index is 678. The van der Waals surface area contributed by atoms with Crippen molar-refractivity contribution in [3.05, 3.63) is 48.2 Å². The Morgan fingerprint density at radius 3 is 2.55 bits per heavy atom. The average molecular weight is 295 g/mol. The third-order valence-electron chi connectivity index (χ3n) is 2.62. The van der Waals surface area contributed by atoms with Gasteiger partial charge in [0.05, 0.1) is 4.90 Å². The van der Waals surface area contributed by atoms with Crippen molar-refractivity contribution in [3.8, 4) is 0 Å². The number of primary sulfonamides is 1. The first kappa shape index (κ1) is 14.2. The highest BCUT2D eigenvalue weighted by molar-refractivity contribution is 7.89. The predicted octanol–water partition coefficient (Wildman–Crippen LogP) is 0.294. The van der Waals surface area contributed by atoms with E-state index < -0.39 is 10.0 Å². The number of hydrogen-bond acceptors (Lipinski definition) is 5. The third kappa shape index (κ3) is 3.65. The first-order chi connectivity index (χ1) is 9.47. The molecule has 2 aromatic rings. The van der Waals surface area contributed by atoms with Gasteiger partial charge in [0.2, 0.25) is 10.0 Å². The van der Waals surface area contributed by atoms with Crippen LogP contribution < -0.4 is 10.5 Å². The molecule has 0 aliphatic heterocycles. The van der Waals surface area contributed by atoms with Crippen molar-refractivity contribution in [2.45, 2.75) is 11.3 Å². The van der Waals surface area contributed by atoms with Crippen molar-refractivity contribution in [1.29, 1.82) is 0 Å². The van der Waals surface area contributed by atoms with Gasteiger partial charge in [-0.3, -0.25) is 4.79 Å². The number of oxazole rings is 1. The lowest BCUT2D eigenvalue weighted by Gasteiger charge is -2.04. The van der Waals surface area contributed by atoms with Crippen molar-refractivity contribution in [2.75, 3.05) is 6.54 Å². The van der Waals surface area contributed by atoms with Crippen LogP contribution in [-0.4, -0.2) is 25.9 Å². The molecule has 1 aromatic heterocycles. The fourth-order valence-corrected chi connectivity index (χ4v) is 2.10. The zero-order chi connectivity index (χ0) is 14.6. The van der Waals surface area contributed by atoms with Gasteiger partial charge in [-0.1, -0.05) is 12.1 Å². The van der Waals surface area contributed by atoms with Crippen LogP contribution in [-0.2, 0) is 16.4 Å². The molecule has 0 atom stereocenters. The molecule has 0 saturated carbocycles. The number of nitrogens with two attached hydrogens (primary N) is 1. The van der Waals surface area contributed by atoms with E-state index in [1.165, 1.54) is 24.8 Å². The fourth-order valence-electron chi connectivity index (χ4n) is 1.58. The normalized spacial score (nSPS) is 11.2. The minimum atomic E-state index is -3.67. The quantitative estimate of drug-likeness (QED) is 0.822. The lowest BCUT2D eigenvalue weighted by molar-refractivity contribution is 0.0949. The van der Waals surface area contributed by atoms with Gasteiger partial charge in [0.25, 0.3) is 5.91 Å². The number of amides is 1. The van der Waals surface area contributed by atoms with Crippen LogP contribution in [0.15, 0.2) is 46.2 Å². The first-order valence-electron chi connectivity index (χ1n) is 5.75. The molecular formula is C12H13N3O4S. The summed E-state index contributed by atoms with van der Waals surface area (Å²) in [4.78, 5) is 15.3. The van der Waals surface area contributed by atoms with E-state index in [2.05, 4.69) is 10.3 Å². The number of nitrogens with one attached hydrogen (secondary N) is 1. The van der Waals surface area contributed by atoms with Crippen LogP contribution in [0.3, 0.4) is 0 Å². The summed E-state index contributed by atoms with van der Waals surface area (Å²) >= 11 is 0. The molecule has 0 spiro atoms. The summed E-state index contributed by atoms with van der Waals surface area (Å²) in [7, 11) is -3.67. The Labute approximate surface area is 115 Å². The standard InChI is InChI=1S/C12H13N3O4S/c13-20(17,18)10-3-1-9(2-4-10)5-6-14-12(16)11-7-19-8-15-11/h1-4,7-8H,5-6H2,(H,14,16)(H2,13,17,18). The molecule has 0 saturated heterocycles. The van der Waals surface area contributed by atoms with E-state index in [9.17, 15) is 13.2 Å². The summed E-state index contributed by atoms with van der Waals surface area (Å²) < 4.78 is 26.9. The van der Waals surface area contributed by atoms with Crippen LogP contribution in [0.1, 0.15) is 16.1 Å². The molecule has 3 N–H and O–H groups in total. The summed E-state index contributed by atoms with van der Waals surface area (Å²) in [6.45, 7) is 0.403. The maximum absolute atomic E-state index is 11.6. The molecule has 20 heavy (non-hydrogen) atoms. The Balaban J connectivity index is 1.87. The van der Waals surface area contributed by atoms with Crippen molar-refractivity contribution in [3.63, 3.8) is 0 Å². The number of nitrogens with zero attached hydrogens (tertiary/aromatic N) is 1. The van der Waals surface area contributed by atoms with Gasteiger partial charge in [0.15, 0.2) is 12.1 Å². The summed E-state index contributed by atoms with van der Waals surface area (Å²) in [6.07, 6.45) is 3.01. The zero-order valence-electron chi connectivity index (χ0n) is 10.4. The van der Waals surface area contributed by atoms with E-state index in [0.29, 0.717) is 13.0 Å². The minimum Gasteiger partial charge on any atom is -0.451 e. The molecule has 106 valence electrons. The smallest absolute Gasteiger partial charge is 0.273 e. The number of benzene rings is 1. The van der Waals surface area contributed by atoms with Gasteiger partial charge in [0.1, 0.15) is 6.26 Å². The second kappa shape index (κ2) is 5.85. The molecule has 8 heteroatoms. The summed E-state index contributed by atoms with van der Waals surface area (Å²) in [6, 6.07) is 6.18. The molecule has 2 rings (SSSR count). The van der Waals surface area contributed by atoms with Crippen LogP contribution in [0.2, 0.25) is 0 Å². The predicted molar refractivity (Wildman–Crippen MR) is 70.4 cm³/mol. The van der Waals surface area contributed by atoms with E-state index in [4.69, 9.17) is 9.56 Å². The molecule has 7 nitrogen and oxygen atoms in total. The number of aromatic nitrogens is 1. The molecular weight excluding hydrogens is 282 g/mol. The highest BCUT2D eigenvalue weighted by Gasteiger charge is 2.08. The van der Waals surface area contributed by atoms with Crippen LogP contribution in [0, 0.1) is 0 Å². The Morgan fingerprint density at radius 1 is 1.30 bits per heavy atom. The Kier molecular flexibility index (Phi) is 4.16. The third-order valence-corrected chi connectivity index (χ3v) is 3.55. The highest BCUT2D eigenvalue weighted by Crippen LogP contribution is 2.08. The van der Waals surface area contributed by atoms with E-state index in [-0.39, 0.29) is 16.5 Å². The summed E-state index contributed by atoms with van der Waals surface area (Å²) in [5, 5.41) is 7.67. The molecule has 0 unspecified atom stereocenters. The Morgan fingerprint density at radius 2 is 2.00 bits per heavy atom. The van der Waals surface area contributed by atoms with Gasteiger partial charge in [-0.05, 0) is 24.1 Å². The van der Waals surface area contributed by atoms with Crippen LogP contribution in [0.5, 0.6) is 0 Å². The van der Waals surface area contributed by atoms with Gasteiger partial charge in [0, 0.05) is 6.54 Å². The molecule has 0 fully saturated rings. The van der Waals surface area contributed by atoms with Crippen molar-refractivity contribution < 1.29 is 17.6 Å². The van der Waals surface area contributed by atoms with Crippen LogP contribution in [0.4, 0.5) is 0 Å². The first-order valence-corrected chi connectivity index (χ1v) is 7.29. The average Bonchev–Trinajstić information content (AvgIpc) is 2.92. The molecule has 0 aliphatic carbocycles. The Hall–Kier alpha value is -2.19. The SMILES string of the molecule is NS(=O)(=O)c1ccc(CCNC(=O)c2cocn2)cc1.